The number of hydrogen-bond donors (Lipinski definition) is 0. The Morgan fingerprint density at radius 2 is 2.25 bits per heavy atom. The van der Waals surface area contributed by atoms with Gasteiger partial charge in [0.2, 0.25) is 5.91 Å². The second kappa shape index (κ2) is 4.28. The van der Waals surface area contributed by atoms with Crippen LogP contribution in [0.5, 0.6) is 0 Å². The zero-order valence-corrected chi connectivity index (χ0v) is 10.3. The van der Waals surface area contributed by atoms with Gasteiger partial charge in [-0.15, -0.1) is 0 Å². The summed E-state index contributed by atoms with van der Waals surface area (Å²) in [4.78, 5) is 13.5. The monoisotopic (exact) mass is 217 g/mol. The third-order valence-corrected chi connectivity index (χ3v) is 3.29. The first-order valence-electron chi connectivity index (χ1n) is 6.01. The van der Waals surface area contributed by atoms with Crippen molar-refractivity contribution >= 4 is 11.6 Å². The van der Waals surface area contributed by atoms with Crippen LogP contribution in [0.4, 0.5) is 5.69 Å². The van der Waals surface area contributed by atoms with E-state index in [1.165, 1.54) is 11.1 Å². The molecule has 0 spiro atoms. The maximum absolute atomic E-state index is 11.6. The number of fused-ring (bicyclic) bond motifs is 1. The fourth-order valence-electron chi connectivity index (χ4n) is 2.43. The summed E-state index contributed by atoms with van der Waals surface area (Å²) in [5, 5.41) is 0. The Bertz CT molecular complexity index is 411. The van der Waals surface area contributed by atoms with Gasteiger partial charge in [0.15, 0.2) is 0 Å². The van der Waals surface area contributed by atoms with Gasteiger partial charge in [-0.25, -0.2) is 0 Å². The molecule has 16 heavy (non-hydrogen) atoms. The average Bonchev–Trinajstić information content (AvgIpc) is 2.26. The molecule has 1 atom stereocenters. The zero-order chi connectivity index (χ0) is 11.7. The minimum Gasteiger partial charge on any atom is -0.312 e. The molecule has 0 N–H and O–H groups in total. The molecule has 86 valence electrons. The first-order valence-corrected chi connectivity index (χ1v) is 6.01. The van der Waals surface area contributed by atoms with E-state index in [9.17, 15) is 4.79 Å². The van der Waals surface area contributed by atoms with Gasteiger partial charge in [-0.3, -0.25) is 4.79 Å². The molecule has 1 aliphatic heterocycles. The fourth-order valence-corrected chi connectivity index (χ4v) is 2.43. The van der Waals surface area contributed by atoms with E-state index in [0.717, 1.165) is 25.1 Å². The van der Waals surface area contributed by atoms with E-state index >= 15 is 0 Å². The molecule has 1 aromatic carbocycles. The molecule has 1 heterocycles. The lowest BCUT2D eigenvalue weighted by molar-refractivity contribution is -0.116. The van der Waals surface area contributed by atoms with Crippen molar-refractivity contribution in [1.82, 2.24) is 0 Å². The molecule has 0 aromatic heterocycles. The third-order valence-electron chi connectivity index (χ3n) is 3.29. The SMILES string of the molecule is CCc1ccc2c(c1)C[C@@H](C)CN2C(C)=O. The molecule has 1 amide bonds. The molecule has 2 nitrogen and oxygen atoms in total. The molecule has 0 bridgehead atoms. The largest absolute Gasteiger partial charge is 0.312 e. The number of rotatable bonds is 1. The van der Waals surface area contributed by atoms with Crippen molar-refractivity contribution in [3.63, 3.8) is 0 Å². The van der Waals surface area contributed by atoms with Crippen molar-refractivity contribution in [1.29, 1.82) is 0 Å². The number of hydrogen-bond acceptors (Lipinski definition) is 1. The molecule has 0 unspecified atom stereocenters. The molecule has 1 aromatic rings. The summed E-state index contributed by atoms with van der Waals surface area (Å²) >= 11 is 0. The van der Waals surface area contributed by atoms with Crippen LogP contribution in [-0.2, 0) is 17.6 Å². The normalized spacial score (nSPS) is 19.4. The first-order chi connectivity index (χ1) is 7.61. The second-order valence-electron chi connectivity index (χ2n) is 4.76. The van der Waals surface area contributed by atoms with Crippen molar-refractivity contribution in [3.8, 4) is 0 Å². The number of carbonyl (C=O) groups is 1. The lowest BCUT2D eigenvalue weighted by Gasteiger charge is -2.32. The lowest BCUT2D eigenvalue weighted by Crippen LogP contribution is -2.37. The van der Waals surface area contributed by atoms with Crippen LogP contribution in [0.1, 0.15) is 31.9 Å². The molecular weight excluding hydrogens is 198 g/mol. The summed E-state index contributed by atoms with van der Waals surface area (Å²) in [6, 6.07) is 6.48. The molecule has 0 fully saturated rings. The van der Waals surface area contributed by atoms with Gasteiger partial charge < -0.3 is 4.90 Å². The summed E-state index contributed by atoms with van der Waals surface area (Å²) in [5.74, 6) is 0.709. The molecule has 1 aliphatic rings. The van der Waals surface area contributed by atoms with E-state index < -0.39 is 0 Å². The van der Waals surface area contributed by atoms with Gasteiger partial charge in [0.1, 0.15) is 0 Å². The quantitative estimate of drug-likeness (QED) is 0.708. The maximum atomic E-state index is 11.6. The summed E-state index contributed by atoms with van der Waals surface area (Å²) in [6.07, 6.45) is 2.15. The van der Waals surface area contributed by atoms with Crippen LogP contribution in [0.15, 0.2) is 18.2 Å². The number of benzene rings is 1. The number of nitrogens with zero attached hydrogens (tertiary/aromatic N) is 1. The molecule has 0 saturated carbocycles. The zero-order valence-electron chi connectivity index (χ0n) is 10.3. The van der Waals surface area contributed by atoms with Gasteiger partial charge >= 0.3 is 0 Å². The molecule has 2 heteroatoms. The standard InChI is InChI=1S/C14H19NO/c1-4-12-5-6-14-13(8-12)7-10(2)9-15(14)11(3)16/h5-6,8,10H,4,7,9H2,1-3H3/t10-/m1/s1. The van der Waals surface area contributed by atoms with E-state index in [1.54, 1.807) is 6.92 Å². The predicted octanol–water partition coefficient (Wildman–Crippen LogP) is 2.79. The van der Waals surface area contributed by atoms with E-state index in [2.05, 4.69) is 32.0 Å². The van der Waals surface area contributed by atoms with Gasteiger partial charge in [-0.1, -0.05) is 26.0 Å². The van der Waals surface area contributed by atoms with Crippen LogP contribution in [0.25, 0.3) is 0 Å². The van der Waals surface area contributed by atoms with Crippen molar-refractivity contribution in [3.05, 3.63) is 29.3 Å². The third kappa shape index (κ3) is 1.97. The van der Waals surface area contributed by atoms with Gasteiger partial charge in [-0.2, -0.15) is 0 Å². The van der Waals surface area contributed by atoms with Crippen LogP contribution in [0.2, 0.25) is 0 Å². The average molecular weight is 217 g/mol. The number of anilines is 1. The number of amides is 1. The fraction of sp³-hybridized carbons (Fsp3) is 0.500. The summed E-state index contributed by atoms with van der Waals surface area (Å²) in [5.41, 5.74) is 3.80. The van der Waals surface area contributed by atoms with Gasteiger partial charge in [0, 0.05) is 19.2 Å². The Hall–Kier alpha value is -1.31. The van der Waals surface area contributed by atoms with E-state index in [4.69, 9.17) is 0 Å². The summed E-state index contributed by atoms with van der Waals surface area (Å²) in [7, 11) is 0. The maximum Gasteiger partial charge on any atom is 0.223 e. The summed E-state index contributed by atoms with van der Waals surface area (Å²) in [6.45, 7) is 6.87. The highest BCUT2D eigenvalue weighted by molar-refractivity contribution is 5.92. The van der Waals surface area contributed by atoms with Gasteiger partial charge in [-0.05, 0) is 36.0 Å². The smallest absolute Gasteiger partial charge is 0.223 e. The van der Waals surface area contributed by atoms with Crippen molar-refractivity contribution in [2.24, 2.45) is 5.92 Å². The Morgan fingerprint density at radius 1 is 1.50 bits per heavy atom. The van der Waals surface area contributed by atoms with Crippen LogP contribution in [0, 0.1) is 5.92 Å². The molecule has 2 rings (SSSR count). The van der Waals surface area contributed by atoms with E-state index in [1.807, 2.05) is 4.90 Å². The van der Waals surface area contributed by atoms with Crippen LogP contribution < -0.4 is 4.90 Å². The highest BCUT2D eigenvalue weighted by Crippen LogP contribution is 2.30. The Labute approximate surface area is 97.3 Å². The number of aryl methyl sites for hydroxylation is 1. The van der Waals surface area contributed by atoms with E-state index in [-0.39, 0.29) is 5.91 Å². The van der Waals surface area contributed by atoms with Gasteiger partial charge in [0.05, 0.1) is 0 Å². The van der Waals surface area contributed by atoms with Crippen molar-refractivity contribution in [2.75, 3.05) is 11.4 Å². The Balaban J connectivity index is 2.43. The first kappa shape index (κ1) is 11.2. The van der Waals surface area contributed by atoms with Gasteiger partial charge in [0.25, 0.3) is 0 Å². The lowest BCUT2D eigenvalue weighted by atomic mass is 9.92. The molecule has 0 radical (unpaired) electrons. The second-order valence-corrected chi connectivity index (χ2v) is 4.76. The van der Waals surface area contributed by atoms with Crippen molar-refractivity contribution < 1.29 is 4.79 Å². The van der Waals surface area contributed by atoms with Crippen LogP contribution in [0.3, 0.4) is 0 Å². The molecule has 0 saturated heterocycles. The topological polar surface area (TPSA) is 20.3 Å². The summed E-state index contributed by atoms with van der Waals surface area (Å²) < 4.78 is 0. The Kier molecular flexibility index (Phi) is 2.99. The highest BCUT2D eigenvalue weighted by atomic mass is 16.2. The van der Waals surface area contributed by atoms with E-state index in [0.29, 0.717) is 5.92 Å². The highest BCUT2D eigenvalue weighted by Gasteiger charge is 2.24. The Morgan fingerprint density at radius 3 is 2.88 bits per heavy atom. The van der Waals surface area contributed by atoms with Crippen LogP contribution in [-0.4, -0.2) is 12.5 Å². The van der Waals surface area contributed by atoms with Crippen molar-refractivity contribution in [2.45, 2.75) is 33.6 Å². The molecular formula is C14H19NO. The predicted molar refractivity (Wildman–Crippen MR) is 66.7 cm³/mol. The molecule has 0 aliphatic carbocycles. The minimum absolute atomic E-state index is 0.150. The van der Waals surface area contributed by atoms with Crippen LogP contribution >= 0.6 is 0 Å². The number of carbonyl (C=O) groups excluding carboxylic acids is 1. The minimum atomic E-state index is 0.150.